The Morgan fingerprint density at radius 3 is 2.16 bits per heavy atom. The molecule has 2 rings (SSSR count). The summed E-state index contributed by atoms with van der Waals surface area (Å²) in [6.07, 6.45) is 4.33. The standard InChI is InChI=1S/C18H22O/c1-3-8-14-12-13-17(19)18(16(14)9-4-2)15-10-6-5-7-11-15/h5-7,10-13,19H,3-4,8-9H2,1-2H3. The first kappa shape index (κ1) is 13.7. The highest BCUT2D eigenvalue weighted by atomic mass is 16.3. The molecule has 0 saturated heterocycles. The summed E-state index contributed by atoms with van der Waals surface area (Å²) in [7, 11) is 0. The molecule has 0 atom stereocenters. The van der Waals surface area contributed by atoms with Crippen LogP contribution in [-0.2, 0) is 12.8 Å². The normalized spacial score (nSPS) is 10.6. The van der Waals surface area contributed by atoms with Gasteiger partial charge in [-0.3, -0.25) is 0 Å². The second-order valence-electron chi connectivity index (χ2n) is 4.96. The number of aryl methyl sites for hydroxylation is 1. The van der Waals surface area contributed by atoms with Gasteiger partial charge in [0.2, 0.25) is 0 Å². The maximum Gasteiger partial charge on any atom is 0.123 e. The summed E-state index contributed by atoms with van der Waals surface area (Å²) in [5, 5.41) is 10.3. The number of rotatable bonds is 5. The SMILES string of the molecule is CCCc1ccc(O)c(-c2ccccc2)c1CCC. The quantitative estimate of drug-likeness (QED) is 0.799. The Morgan fingerprint density at radius 2 is 1.53 bits per heavy atom. The Bertz CT molecular complexity index is 529. The van der Waals surface area contributed by atoms with Gasteiger partial charge in [-0.2, -0.15) is 0 Å². The van der Waals surface area contributed by atoms with Crippen molar-refractivity contribution in [1.29, 1.82) is 0 Å². The fraction of sp³-hybridized carbons (Fsp3) is 0.333. The lowest BCUT2D eigenvalue weighted by molar-refractivity contribution is 0.476. The van der Waals surface area contributed by atoms with Crippen molar-refractivity contribution in [3.8, 4) is 16.9 Å². The Kier molecular flexibility index (Phi) is 4.62. The lowest BCUT2D eigenvalue weighted by Gasteiger charge is -2.16. The number of phenols is 1. The Labute approximate surface area is 115 Å². The van der Waals surface area contributed by atoms with Crippen molar-refractivity contribution in [2.45, 2.75) is 39.5 Å². The summed E-state index contributed by atoms with van der Waals surface area (Å²) in [4.78, 5) is 0. The predicted octanol–water partition coefficient (Wildman–Crippen LogP) is 4.96. The highest BCUT2D eigenvalue weighted by molar-refractivity contribution is 5.75. The van der Waals surface area contributed by atoms with Crippen LogP contribution in [0.1, 0.15) is 37.8 Å². The number of hydrogen-bond donors (Lipinski definition) is 1. The zero-order chi connectivity index (χ0) is 13.7. The number of hydrogen-bond acceptors (Lipinski definition) is 1. The molecule has 19 heavy (non-hydrogen) atoms. The van der Waals surface area contributed by atoms with E-state index in [2.05, 4.69) is 32.0 Å². The number of aromatic hydroxyl groups is 1. The van der Waals surface area contributed by atoms with E-state index in [1.54, 1.807) is 0 Å². The van der Waals surface area contributed by atoms with Crippen LogP contribution >= 0.6 is 0 Å². The smallest absolute Gasteiger partial charge is 0.123 e. The molecule has 0 unspecified atom stereocenters. The lowest BCUT2D eigenvalue weighted by atomic mass is 9.90. The van der Waals surface area contributed by atoms with Crippen molar-refractivity contribution in [1.82, 2.24) is 0 Å². The van der Waals surface area contributed by atoms with Crippen LogP contribution in [-0.4, -0.2) is 5.11 Å². The monoisotopic (exact) mass is 254 g/mol. The van der Waals surface area contributed by atoms with Gasteiger partial charge in [0.25, 0.3) is 0 Å². The average molecular weight is 254 g/mol. The van der Waals surface area contributed by atoms with E-state index < -0.39 is 0 Å². The minimum atomic E-state index is 0.398. The second-order valence-corrected chi connectivity index (χ2v) is 4.96. The van der Waals surface area contributed by atoms with E-state index in [0.717, 1.165) is 36.8 Å². The molecule has 1 heteroatoms. The van der Waals surface area contributed by atoms with Gasteiger partial charge in [0.05, 0.1) is 0 Å². The predicted molar refractivity (Wildman–Crippen MR) is 81.5 cm³/mol. The highest BCUT2D eigenvalue weighted by Gasteiger charge is 2.13. The van der Waals surface area contributed by atoms with Crippen LogP contribution in [0.3, 0.4) is 0 Å². The van der Waals surface area contributed by atoms with E-state index >= 15 is 0 Å². The molecule has 0 fully saturated rings. The van der Waals surface area contributed by atoms with Crippen molar-refractivity contribution >= 4 is 0 Å². The first-order valence-corrected chi connectivity index (χ1v) is 7.17. The first-order chi connectivity index (χ1) is 9.27. The van der Waals surface area contributed by atoms with Crippen LogP contribution in [0.25, 0.3) is 11.1 Å². The summed E-state index contributed by atoms with van der Waals surface area (Å²) >= 11 is 0. The molecule has 0 amide bonds. The van der Waals surface area contributed by atoms with Gasteiger partial charge in [-0.15, -0.1) is 0 Å². The fourth-order valence-electron chi connectivity index (χ4n) is 2.64. The maximum atomic E-state index is 10.3. The molecule has 0 heterocycles. The molecule has 0 bridgehead atoms. The van der Waals surface area contributed by atoms with Crippen LogP contribution in [0.15, 0.2) is 42.5 Å². The maximum absolute atomic E-state index is 10.3. The first-order valence-electron chi connectivity index (χ1n) is 7.17. The van der Waals surface area contributed by atoms with Gasteiger partial charge in [0.15, 0.2) is 0 Å². The summed E-state index contributed by atoms with van der Waals surface area (Å²) in [6, 6.07) is 14.1. The minimum absolute atomic E-state index is 0.398. The van der Waals surface area contributed by atoms with E-state index in [9.17, 15) is 5.11 Å². The third-order valence-corrected chi connectivity index (χ3v) is 3.47. The molecule has 0 spiro atoms. The fourth-order valence-corrected chi connectivity index (χ4v) is 2.64. The molecule has 0 aliphatic heterocycles. The summed E-state index contributed by atoms with van der Waals surface area (Å²) in [6.45, 7) is 4.39. The van der Waals surface area contributed by atoms with Gasteiger partial charge in [-0.05, 0) is 35.6 Å². The average Bonchev–Trinajstić information content (AvgIpc) is 2.43. The molecule has 100 valence electrons. The van der Waals surface area contributed by atoms with E-state index in [1.165, 1.54) is 11.1 Å². The molecule has 0 saturated carbocycles. The van der Waals surface area contributed by atoms with Gasteiger partial charge in [-0.25, -0.2) is 0 Å². The van der Waals surface area contributed by atoms with Gasteiger partial charge in [0.1, 0.15) is 5.75 Å². The zero-order valence-electron chi connectivity index (χ0n) is 11.8. The molecule has 1 nitrogen and oxygen atoms in total. The molecule has 1 N–H and O–H groups in total. The van der Waals surface area contributed by atoms with E-state index in [4.69, 9.17) is 0 Å². The van der Waals surface area contributed by atoms with Crippen LogP contribution < -0.4 is 0 Å². The molecular formula is C18H22O. The molecule has 0 aliphatic rings. The van der Waals surface area contributed by atoms with E-state index in [-0.39, 0.29) is 0 Å². The van der Waals surface area contributed by atoms with Crippen LogP contribution in [0.5, 0.6) is 5.75 Å². The van der Waals surface area contributed by atoms with Crippen molar-refractivity contribution < 1.29 is 5.11 Å². The molecule has 0 aromatic heterocycles. The summed E-state index contributed by atoms with van der Waals surface area (Å²) in [5.41, 5.74) is 4.83. The Balaban J connectivity index is 2.59. The van der Waals surface area contributed by atoms with Crippen LogP contribution in [0, 0.1) is 0 Å². The molecule has 2 aromatic carbocycles. The molecule has 0 aliphatic carbocycles. The largest absolute Gasteiger partial charge is 0.507 e. The Morgan fingerprint density at radius 1 is 0.842 bits per heavy atom. The van der Waals surface area contributed by atoms with Crippen LogP contribution in [0.4, 0.5) is 0 Å². The molecular weight excluding hydrogens is 232 g/mol. The van der Waals surface area contributed by atoms with Crippen molar-refractivity contribution in [2.75, 3.05) is 0 Å². The third-order valence-electron chi connectivity index (χ3n) is 3.47. The number of phenolic OH excluding ortho intramolecular Hbond substituents is 1. The van der Waals surface area contributed by atoms with Crippen LogP contribution in [0.2, 0.25) is 0 Å². The van der Waals surface area contributed by atoms with E-state index in [0.29, 0.717) is 5.75 Å². The van der Waals surface area contributed by atoms with Gasteiger partial charge >= 0.3 is 0 Å². The zero-order valence-corrected chi connectivity index (χ0v) is 11.8. The van der Waals surface area contributed by atoms with Gasteiger partial charge in [-0.1, -0.05) is 63.1 Å². The van der Waals surface area contributed by atoms with Crippen molar-refractivity contribution in [2.24, 2.45) is 0 Å². The summed E-state index contributed by atoms with van der Waals surface area (Å²) in [5.74, 6) is 0.398. The third kappa shape index (κ3) is 2.98. The second kappa shape index (κ2) is 6.42. The van der Waals surface area contributed by atoms with Crippen molar-refractivity contribution in [3.63, 3.8) is 0 Å². The lowest BCUT2D eigenvalue weighted by Crippen LogP contribution is -1.98. The highest BCUT2D eigenvalue weighted by Crippen LogP contribution is 2.35. The number of benzene rings is 2. The summed E-state index contributed by atoms with van der Waals surface area (Å²) < 4.78 is 0. The van der Waals surface area contributed by atoms with Gasteiger partial charge < -0.3 is 5.11 Å². The Hall–Kier alpha value is -1.76. The topological polar surface area (TPSA) is 20.2 Å². The van der Waals surface area contributed by atoms with Crippen molar-refractivity contribution in [3.05, 3.63) is 53.6 Å². The van der Waals surface area contributed by atoms with E-state index in [1.807, 2.05) is 24.3 Å². The minimum Gasteiger partial charge on any atom is -0.507 e. The molecule has 2 aromatic rings. The molecule has 0 radical (unpaired) electrons. The van der Waals surface area contributed by atoms with Gasteiger partial charge in [0, 0.05) is 5.56 Å².